The zero-order chi connectivity index (χ0) is 19.2. The molecule has 0 spiro atoms. The number of rotatable bonds is 6. The lowest BCUT2D eigenvalue weighted by Gasteiger charge is -2.17. The van der Waals surface area contributed by atoms with Gasteiger partial charge in [-0.2, -0.15) is 5.26 Å². The molecule has 4 heteroatoms. The maximum Gasteiger partial charge on any atom is 0.151 e. The molecule has 1 saturated heterocycles. The number of hydrogen-bond donors (Lipinski definition) is 2. The van der Waals surface area contributed by atoms with Crippen molar-refractivity contribution in [2.24, 2.45) is 0 Å². The molecule has 1 aliphatic heterocycles. The molecule has 3 aromatic rings. The molecule has 0 saturated carbocycles. The van der Waals surface area contributed by atoms with Crippen LogP contribution in [-0.2, 0) is 0 Å². The molecule has 0 aromatic heterocycles. The summed E-state index contributed by atoms with van der Waals surface area (Å²) in [6.07, 6.45) is 2.42. The smallest absolute Gasteiger partial charge is 0.151 e. The molecular formula is C24H23N3O. The number of benzene rings is 3. The third-order valence-corrected chi connectivity index (χ3v) is 4.98. The van der Waals surface area contributed by atoms with Gasteiger partial charge in [-0.25, -0.2) is 0 Å². The van der Waals surface area contributed by atoms with Crippen molar-refractivity contribution in [2.75, 3.05) is 18.4 Å². The summed E-state index contributed by atoms with van der Waals surface area (Å²) < 4.78 is 6.20. The maximum atomic E-state index is 9.16. The van der Waals surface area contributed by atoms with E-state index in [9.17, 15) is 0 Å². The van der Waals surface area contributed by atoms with Gasteiger partial charge < -0.3 is 15.4 Å². The highest BCUT2D eigenvalue weighted by Crippen LogP contribution is 2.34. The van der Waals surface area contributed by atoms with E-state index in [0.717, 1.165) is 35.7 Å². The molecule has 1 fully saturated rings. The third kappa shape index (κ3) is 4.33. The first kappa shape index (κ1) is 18.1. The van der Waals surface area contributed by atoms with E-state index in [1.807, 2.05) is 30.3 Å². The van der Waals surface area contributed by atoms with Crippen LogP contribution in [0.2, 0.25) is 0 Å². The van der Waals surface area contributed by atoms with Crippen LogP contribution in [0.4, 0.5) is 5.69 Å². The minimum Gasteiger partial charge on any atom is -0.455 e. The molecule has 0 aliphatic carbocycles. The van der Waals surface area contributed by atoms with Gasteiger partial charge in [0.05, 0.1) is 17.3 Å². The second kappa shape index (κ2) is 8.60. The Morgan fingerprint density at radius 1 is 1.00 bits per heavy atom. The van der Waals surface area contributed by atoms with Gasteiger partial charge in [0.1, 0.15) is 5.75 Å². The topological polar surface area (TPSA) is 57.1 Å². The Bertz CT molecular complexity index is 973. The second-order valence-electron chi connectivity index (χ2n) is 6.99. The van der Waals surface area contributed by atoms with Crippen LogP contribution in [0.25, 0.3) is 11.1 Å². The van der Waals surface area contributed by atoms with Gasteiger partial charge >= 0.3 is 0 Å². The van der Waals surface area contributed by atoms with Crippen molar-refractivity contribution in [3.05, 3.63) is 78.4 Å². The minimum absolute atomic E-state index is 0.489. The molecule has 4 nitrogen and oxygen atoms in total. The van der Waals surface area contributed by atoms with Crippen LogP contribution in [-0.4, -0.2) is 19.1 Å². The molecule has 1 heterocycles. The standard InChI is InChI=1S/C24H23N3O/c25-16-18-6-4-10-22(14-18)28-24-15-20(19-7-2-1-3-8-19)11-12-23(24)27-17-21-9-5-13-26-21/h1-4,6-8,10-12,14-15,21,26-27H,5,9,13,17H2/t21-/m0/s1. The summed E-state index contributed by atoms with van der Waals surface area (Å²) >= 11 is 0. The van der Waals surface area contributed by atoms with Crippen molar-refractivity contribution in [3.8, 4) is 28.7 Å². The van der Waals surface area contributed by atoms with Crippen LogP contribution in [0.5, 0.6) is 11.5 Å². The number of nitrogens with zero attached hydrogens (tertiary/aromatic N) is 1. The summed E-state index contributed by atoms with van der Waals surface area (Å²) in [6.45, 7) is 1.95. The zero-order valence-corrected chi connectivity index (χ0v) is 15.7. The summed E-state index contributed by atoms with van der Waals surface area (Å²) in [4.78, 5) is 0. The molecule has 2 N–H and O–H groups in total. The zero-order valence-electron chi connectivity index (χ0n) is 15.7. The van der Waals surface area contributed by atoms with Gasteiger partial charge in [0, 0.05) is 12.6 Å². The van der Waals surface area contributed by atoms with E-state index in [1.54, 1.807) is 12.1 Å². The average molecular weight is 369 g/mol. The van der Waals surface area contributed by atoms with E-state index >= 15 is 0 Å². The van der Waals surface area contributed by atoms with Crippen molar-refractivity contribution in [3.63, 3.8) is 0 Å². The number of ether oxygens (including phenoxy) is 1. The Balaban J connectivity index is 1.63. The predicted molar refractivity (Wildman–Crippen MR) is 113 cm³/mol. The molecule has 28 heavy (non-hydrogen) atoms. The van der Waals surface area contributed by atoms with Crippen LogP contribution in [0.3, 0.4) is 0 Å². The fourth-order valence-corrected chi connectivity index (χ4v) is 3.48. The average Bonchev–Trinajstić information content (AvgIpc) is 3.27. The summed E-state index contributed by atoms with van der Waals surface area (Å²) in [5.41, 5.74) is 3.77. The highest BCUT2D eigenvalue weighted by molar-refractivity contribution is 5.71. The van der Waals surface area contributed by atoms with E-state index in [0.29, 0.717) is 17.4 Å². The molecule has 3 aromatic carbocycles. The monoisotopic (exact) mass is 369 g/mol. The Hall–Kier alpha value is -3.29. The number of nitriles is 1. The van der Waals surface area contributed by atoms with E-state index in [4.69, 9.17) is 10.00 Å². The van der Waals surface area contributed by atoms with E-state index in [1.165, 1.54) is 12.8 Å². The number of anilines is 1. The van der Waals surface area contributed by atoms with Crippen LogP contribution >= 0.6 is 0 Å². The first-order chi connectivity index (χ1) is 13.8. The second-order valence-corrected chi connectivity index (χ2v) is 6.99. The molecular weight excluding hydrogens is 346 g/mol. The Morgan fingerprint density at radius 3 is 2.68 bits per heavy atom. The Morgan fingerprint density at radius 2 is 1.89 bits per heavy atom. The quantitative estimate of drug-likeness (QED) is 0.628. The van der Waals surface area contributed by atoms with Gasteiger partial charge in [-0.1, -0.05) is 42.5 Å². The van der Waals surface area contributed by atoms with Crippen molar-refractivity contribution in [1.82, 2.24) is 5.32 Å². The third-order valence-electron chi connectivity index (χ3n) is 4.98. The van der Waals surface area contributed by atoms with Crippen molar-refractivity contribution >= 4 is 5.69 Å². The van der Waals surface area contributed by atoms with Crippen LogP contribution < -0.4 is 15.4 Å². The fourth-order valence-electron chi connectivity index (χ4n) is 3.48. The van der Waals surface area contributed by atoms with Crippen LogP contribution in [0.15, 0.2) is 72.8 Å². The van der Waals surface area contributed by atoms with Gasteiger partial charge in [0.25, 0.3) is 0 Å². The summed E-state index contributed by atoms with van der Waals surface area (Å²) in [6, 6.07) is 26.4. The lowest BCUT2D eigenvalue weighted by atomic mass is 10.0. The largest absolute Gasteiger partial charge is 0.455 e. The first-order valence-corrected chi connectivity index (χ1v) is 9.66. The van der Waals surface area contributed by atoms with Crippen LogP contribution in [0, 0.1) is 11.3 Å². The Labute approximate surface area is 165 Å². The first-order valence-electron chi connectivity index (χ1n) is 9.66. The highest BCUT2D eigenvalue weighted by atomic mass is 16.5. The van der Waals surface area contributed by atoms with E-state index < -0.39 is 0 Å². The molecule has 4 rings (SSSR count). The molecule has 0 radical (unpaired) electrons. The Kier molecular flexibility index (Phi) is 5.56. The lowest BCUT2D eigenvalue weighted by molar-refractivity contribution is 0.484. The van der Waals surface area contributed by atoms with Crippen molar-refractivity contribution in [2.45, 2.75) is 18.9 Å². The summed E-state index contributed by atoms with van der Waals surface area (Å²) in [5.74, 6) is 1.42. The lowest BCUT2D eigenvalue weighted by Crippen LogP contribution is -2.29. The molecule has 0 unspecified atom stereocenters. The summed E-state index contributed by atoms with van der Waals surface area (Å²) in [5, 5.41) is 16.2. The van der Waals surface area contributed by atoms with Crippen molar-refractivity contribution in [1.29, 1.82) is 5.26 Å². The predicted octanol–water partition coefficient (Wildman–Crippen LogP) is 5.18. The highest BCUT2D eigenvalue weighted by Gasteiger charge is 2.15. The molecule has 0 bridgehead atoms. The van der Waals surface area contributed by atoms with E-state index in [2.05, 4.69) is 47.0 Å². The minimum atomic E-state index is 0.489. The van der Waals surface area contributed by atoms with Gasteiger partial charge in [0.15, 0.2) is 5.75 Å². The molecule has 140 valence electrons. The number of nitrogens with one attached hydrogen (secondary N) is 2. The molecule has 1 aliphatic rings. The van der Waals surface area contributed by atoms with Gasteiger partial charge in [0.2, 0.25) is 0 Å². The summed E-state index contributed by atoms with van der Waals surface area (Å²) in [7, 11) is 0. The van der Waals surface area contributed by atoms with Crippen molar-refractivity contribution < 1.29 is 4.74 Å². The van der Waals surface area contributed by atoms with Crippen LogP contribution in [0.1, 0.15) is 18.4 Å². The fraction of sp³-hybridized carbons (Fsp3) is 0.208. The van der Waals surface area contributed by atoms with Gasteiger partial charge in [-0.05, 0) is 60.8 Å². The van der Waals surface area contributed by atoms with Gasteiger partial charge in [-0.3, -0.25) is 0 Å². The molecule has 0 amide bonds. The molecule has 1 atom stereocenters. The van der Waals surface area contributed by atoms with E-state index in [-0.39, 0.29) is 0 Å². The normalized spacial score (nSPS) is 15.8. The SMILES string of the molecule is N#Cc1cccc(Oc2cc(-c3ccccc3)ccc2NC[C@@H]2CCCN2)c1. The van der Waals surface area contributed by atoms with Gasteiger partial charge in [-0.15, -0.1) is 0 Å². The maximum absolute atomic E-state index is 9.16. The number of hydrogen-bond acceptors (Lipinski definition) is 4.